The van der Waals surface area contributed by atoms with Crippen LogP contribution >= 0.6 is 0 Å². The summed E-state index contributed by atoms with van der Waals surface area (Å²) in [5, 5.41) is 15.3. The van der Waals surface area contributed by atoms with E-state index in [-0.39, 0.29) is 36.2 Å². The Hall–Kier alpha value is -1.89. The summed E-state index contributed by atoms with van der Waals surface area (Å²) in [6.07, 6.45) is 4.63. The van der Waals surface area contributed by atoms with Gasteiger partial charge in [-0.05, 0) is 40.0 Å². The number of nitrogens with zero attached hydrogens (tertiary/aromatic N) is 1. The molecule has 1 fully saturated rings. The highest BCUT2D eigenvalue weighted by Gasteiger charge is 2.58. The Labute approximate surface area is 161 Å². The second-order valence-corrected chi connectivity index (χ2v) is 8.66. The summed E-state index contributed by atoms with van der Waals surface area (Å²) in [6.45, 7) is 9.13. The van der Waals surface area contributed by atoms with Crippen LogP contribution in [0.5, 0.6) is 0 Å². The van der Waals surface area contributed by atoms with E-state index in [1.165, 1.54) is 4.90 Å². The maximum absolute atomic E-state index is 13.3. The smallest absolute Gasteiger partial charge is 0.243 e. The van der Waals surface area contributed by atoms with Crippen LogP contribution in [-0.4, -0.2) is 59.0 Å². The molecule has 0 radical (unpaired) electrons. The van der Waals surface area contributed by atoms with E-state index in [1.54, 1.807) is 14.0 Å². The molecule has 1 saturated heterocycles. The van der Waals surface area contributed by atoms with Crippen molar-refractivity contribution in [2.75, 3.05) is 13.7 Å². The van der Waals surface area contributed by atoms with Gasteiger partial charge in [0.2, 0.25) is 17.7 Å². The van der Waals surface area contributed by atoms with E-state index in [0.717, 1.165) is 6.42 Å². The third kappa shape index (κ3) is 4.03. The summed E-state index contributed by atoms with van der Waals surface area (Å²) >= 11 is 0. The first-order valence-corrected chi connectivity index (χ1v) is 9.72. The quantitative estimate of drug-likeness (QED) is 0.612. The third-order valence-corrected chi connectivity index (χ3v) is 5.57. The molecule has 0 unspecified atom stereocenters. The average molecular weight is 380 g/mol. The largest absolute Gasteiger partial charge is 0.394 e. The summed E-state index contributed by atoms with van der Waals surface area (Å²) in [5.74, 6) is -2.20. The molecule has 1 heterocycles. The zero-order chi connectivity index (χ0) is 20.5. The molecule has 1 aliphatic carbocycles. The number of aliphatic hydroxyl groups is 1. The van der Waals surface area contributed by atoms with Crippen LogP contribution < -0.4 is 10.6 Å². The van der Waals surface area contributed by atoms with Crippen LogP contribution in [-0.2, 0) is 14.4 Å². The van der Waals surface area contributed by atoms with Crippen molar-refractivity contribution >= 4 is 17.7 Å². The Morgan fingerprint density at radius 2 is 1.89 bits per heavy atom. The molecule has 7 nitrogen and oxygen atoms in total. The highest BCUT2D eigenvalue weighted by Crippen LogP contribution is 2.45. The van der Waals surface area contributed by atoms with Crippen LogP contribution in [0.25, 0.3) is 0 Å². The first-order chi connectivity index (χ1) is 12.6. The SMILES string of the molecule is CC[C@@H]1C=C[C@H]2[C@H](C(=O)N([C@H](C)CO)[C@@H]2C(=O)NC(C)(C)C)[C@@H]1C(=O)NC. The number of rotatable bonds is 5. The highest BCUT2D eigenvalue weighted by atomic mass is 16.3. The molecule has 0 aromatic heterocycles. The van der Waals surface area contributed by atoms with Crippen LogP contribution in [0.1, 0.15) is 41.0 Å². The van der Waals surface area contributed by atoms with Gasteiger partial charge in [0.15, 0.2) is 0 Å². The highest BCUT2D eigenvalue weighted by molar-refractivity contribution is 5.97. The Morgan fingerprint density at radius 1 is 1.26 bits per heavy atom. The van der Waals surface area contributed by atoms with Gasteiger partial charge in [0.25, 0.3) is 0 Å². The Morgan fingerprint density at radius 3 is 2.37 bits per heavy atom. The van der Waals surface area contributed by atoms with Gasteiger partial charge in [-0.3, -0.25) is 14.4 Å². The van der Waals surface area contributed by atoms with E-state index in [9.17, 15) is 19.5 Å². The van der Waals surface area contributed by atoms with Crippen LogP contribution in [0.2, 0.25) is 0 Å². The molecule has 2 aliphatic rings. The minimum atomic E-state index is -0.731. The van der Waals surface area contributed by atoms with Gasteiger partial charge in [-0.25, -0.2) is 0 Å². The van der Waals surface area contributed by atoms with Crippen LogP contribution in [0.15, 0.2) is 12.2 Å². The van der Waals surface area contributed by atoms with Crippen molar-refractivity contribution in [1.82, 2.24) is 15.5 Å². The van der Waals surface area contributed by atoms with Gasteiger partial charge in [-0.2, -0.15) is 0 Å². The summed E-state index contributed by atoms with van der Waals surface area (Å²) in [6, 6.07) is -1.23. The second kappa shape index (κ2) is 8.00. The molecule has 1 aliphatic heterocycles. The molecule has 0 saturated carbocycles. The lowest BCUT2D eigenvalue weighted by Gasteiger charge is -2.35. The molecular formula is C20H33N3O4. The van der Waals surface area contributed by atoms with Gasteiger partial charge in [0.1, 0.15) is 6.04 Å². The van der Waals surface area contributed by atoms with Gasteiger partial charge >= 0.3 is 0 Å². The molecule has 0 spiro atoms. The number of carbonyl (C=O) groups is 3. The molecule has 6 atom stereocenters. The summed E-state index contributed by atoms with van der Waals surface area (Å²) < 4.78 is 0. The van der Waals surface area contributed by atoms with Gasteiger partial charge in [0, 0.05) is 18.5 Å². The number of hydrogen-bond donors (Lipinski definition) is 3. The average Bonchev–Trinajstić information content (AvgIpc) is 2.91. The monoisotopic (exact) mass is 379 g/mol. The molecule has 152 valence electrons. The van der Waals surface area contributed by atoms with Gasteiger partial charge in [-0.15, -0.1) is 0 Å². The van der Waals surface area contributed by atoms with Gasteiger partial charge < -0.3 is 20.6 Å². The van der Waals surface area contributed by atoms with Crippen LogP contribution in [0.3, 0.4) is 0 Å². The number of allylic oxidation sites excluding steroid dienone is 1. The van der Waals surface area contributed by atoms with Gasteiger partial charge in [-0.1, -0.05) is 19.1 Å². The van der Waals surface area contributed by atoms with E-state index in [1.807, 2.05) is 39.8 Å². The maximum Gasteiger partial charge on any atom is 0.243 e. The number of hydrogen-bond acceptors (Lipinski definition) is 4. The molecule has 27 heavy (non-hydrogen) atoms. The maximum atomic E-state index is 13.3. The van der Waals surface area contributed by atoms with E-state index in [2.05, 4.69) is 10.6 Å². The number of amides is 3. The molecule has 0 aromatic carbocycles. The minimum absolute atomic E-state index is 0.0501. The molecular weight excluding hydrogens is 346 g/mol. The van der Waals surface area contributed by atoms with E-state index >= 15 is 0 Å². The van der Waals surface area contributed by atoms with Crippen molar-refractivity contribution in [3.8, 4) is 0 Å². The predicted molar refractivity (Wildman–Crippen MR) is 103 cm³/mol. The Kier molecular flexibility index (Phi) is 6.35. The van der Waals surface area contributed by atoms with Crippen molar-refractivity contribution in [3.63, 3.8) is 0 Å². The fraction of sp³-hybridized carbons (Fsp3) is 0.750. The molecule has 2 rings (SSSR count). The van der Waals surface area contributed by atoms with Crippen molar-refractivity contribution < 1.29 is 19.5 Å². The van der Waals surface area contributed by atoms with Crippen molar-refractivity contribution in [1.29, 1.82) is 0 Å². The zero-order valence-electron chi connectivity index (χ0n) is 17.2. The minimum Gasteiger partial charge on any atom is -0.394 e. The summed E-state index contributed by atoms with van der Waals surface area (Å²) in [5.41, 5.74) is -0.448. The number of likely N-dealkylation sites (tertiary alicyclic amines) is 1. The molecule has 7 heteroatoms. The number of aliphatic hydroxyl groups excluding tert-OH is 1. The topological polar surface area (TPSA) is 98.7 Å². The normalized spacial score (nSPS) is 31.4. The predicted octanol–water partition coefficient (Wildman–Crippen LogP) is 0.683. The fourth-order valence-corrected chi connectivity index (χ4v) is 4.37. The first-order valence-electron chi connectivity index (χ1n) is 9.72. The number of carbonyl (C=O) groups excluding carboxylic acids is 3. The lowest BCUT2D eigenvalue weighted by Crippen LogP contribution is -2.55. The van der Waals surface area contributed by atoms with Crippen molar-refractivity contribution in [2.45, 2.75) is 58.7 Å². The summed E-state index contributed by atoms with van der Waals surface area (Å²) in [4.78, 5) is 40.5. The van der Waals surface area contributed by atoms with Crippen molar-refractivity contribution in [3.05, 3.63) is 12.2 Å². The number of fused-ring (bicyclic) bond motifs is 1. The Balaban J connectivity index is 2.51. The van der Waals surface area contributed by atoms with E-state index in [0.29, 0.717) is 0 Å². The zero-order valence-corrected chi connectivity index (χ0v) is 17.2. The molecule has 0 bridgehead atoms. The van der Waals surface area contributed by atoms with E-state index in [4.69, 9.17) is 0 Å². The Bertz CT molecular complexity index is 625. The van der Waals surface area contributed by atoms with E-state index < -0.39 is 29.5 Å². The standard InChI is InChI=1S/C20H33N3O4/c1-7-12-8-9-13-15(14(12)17(25)21-6)19(27)23(11(2)10-24)16(13)18(26)22-20(3,4)5/h8-9,11-16,24H,7,10H2,1-6H3,(H,21,25)(H,22,26)/t11-,12-,13+,14-,15+,16+/m1/s1. The second-order valence-electron chi connectivity index (χ2n) is 8.66. The van der Waals surface area contributed by atoms with Crippen LogP contribution in [0.4, 0.5) is 0 Å². The van der Waals surface area contributed by atoms with Crippen LogP contribution in [0, 0.1) is 23.7 Å². The molecule has 0 aromatic rings. The fourth-order valence-electron chi connectivity index (χ4n) is 4.37. The summed E-state index contributed by atoms with van der Waals surface area (Å²) in [7, 11) is 1.57. The lowest BCUT2D eigenvalue weighted by atomic mass is 9.68. The number of nitrogens with one attached hydrogen (secondary N) is 2. The lowest BCUT2D eigenvalue weighted by molar-refractivity contribution is -0.143. The first kappa shape index (κ1) is 21.4. The van der Waals surface area contributed by atoms with Crippen molar-refractivity contribution in [2.24, 2.45) is 23.7 Å². The van der Waals surface area contributed by atoms with Gasteiger partial charge in [0.05, 0.1) is 24.5 Å². The third-order valence-electron chi connectivity index (χ3n) is 5.57. The molecule has 3 N–H and O–H groups in total. The molecule has 3 amide bonds.